The van der Waals surface area contributed by atoms with Crippen LogP contribution in [0.2, 0.25) is 5.02 Å². The van der Waals surface area contributed by atoms with E-state index in [4.69, 9.17) is 21.1 Å². The van der Waals surface area contributed by atoms with Crippen LogP contribution in [0, 0.1) is 6.92 Å². The monoisotopic (exact) mass is 485 g/mol. The Labute approximate surface area is 189 Å². The number of methoxy groups -OCH3 is 2. The first-order valence-corrected chi connectivity index (χ1v) is 12.3. The van der Waals surface area contributed by atoms with Gasteiger partial charge in [-0.25, -0.2) is 13.4 Å². The van der Waals surface area contributed by atoms with Gasteiger partial charge in [0.05, 0.1) is 24.4 Å². The van der Waals surface area contributed by atoms with Gasteiger partial charge < -0.3 is 9.47 Å². The fourth-order valence-corrected chi connectivity index (χ4v) is 6.02. The standard InChI is InChI=1S/C19H20ClN3O4S3/c1-11-14(20)6-5-7-17(11)30(24,25)23-19-21-18(22-29-19)12(2)28-13-8-9-15(26-3)16(10-13)27-4/h5-10,12H,1-4H3,(H,21,22,23). The smallest absolute Gasteiger partial charge is 0.264 e. The summed E-state index contributed by atoms with van der Waals surface area (Å²) in [4.78, 5) is 5.41. The maximum absolute atomic E-state index is 12.7. The first-order chi connectivity index (χ1) is 14.2. The molecule has 7 nitrogen and oxygen atoms in total. The molecule has 2 aromatic carbocycles. The highest BCUT2D eigenvalue weighted by Gasteiger charge is 2.21. The Bertz CT molecular complexity index is 1150. The molecule has 1 N–H and O–H groups in total. The largest absolute Gasteiger partial charge is 0.493 e. The van der Waals surface area contributed by atoms with Gasteiger partial charge in [0.15, 0.2) is 17.3 Å². The zero-order chi connectivity index (χ0) is 21.9. The van der Waals surface area contributed by atoms with E-state index in [1.165, 1.54) is 17.8 Å². The lowest BCUT2D eigenvalue weighted by Gasteiger charge is -2.11. The van der Waals surface area contributed by atoms with Crippen LogP contribution in [0.4, 0.5) is 5.13 Å². The summed E-state index contributed by atoms with van der Waals surface area (Å²) in [5, 5.41) is 0.477. The summed E-state index contributed by atoms with van der Waals surface area (Å²) < 4.78 is 42.8. The summed E-state index contributed by atoms with van der Waals surface area (Å²) in [6.07, 6.45) is 0. The summed E-state index contributed by atoms with van der Waals surface area (Å²) in [6.45, 7) is 3.60. The van der Waals surface area contributed by atoms with Crippen molar-refractivity contribution in [2.75, 3.05) is 18.9 Å². The van der Waals surface area contributed by atoms with Gasteiger partial charge in [-0.3, -0.25) is 4.72 Å². The average molecular weight is 486 g/mol. The lowest BCUT2D eigenvalue weighted by Crippen LogP contribution is -2.14. The Balaban J connectivity index is 1.75. The Kier molecular flexibility index (Phi) is 7.12. The molecule has 1 unspecified atom stereocenters. The van der Waals surface area contributed by atoms with Gasteiger partial charge in [-0.2, -0.15) is 4.37 Å². The molecule has 0 fully saturated rings. The molecule has 160 valence electrons. The van der Waals surface area contributed by atoms with E-state index in [0.717, 1.165) is 16.4 Å². The van der Waals surface area contributed by atoms with Crippen LogP contribution >= 0.6 is 34.9 Å². The fraction of sp³-hybridized carbons (Fsp3) is 0.263. The number of nitrogens with one attached hydrogen (secondary N) is 1. The Hall–Kier alpha value is -2.01. The molecule has 11 heteroatoms. The predicted molar refractivity (Wildman–Crippen MR) is 121 cm³/mol. The summed E-state index contributed by atoms with van der Waals surface area (Å²) in [5.74, 6) is 1.81. The fourth-order valence-electron chi connectivity index (χ4n) is 2.64. The number of nitrogens with zero attached hydrogens (tertiary/aromatic N) is 2. The minimum absolute atomic E-state index is 0.106. The number of aromatic nitrogens is 2. The van der Waals surface area contributed by atoms with Crippen LogP contribution in [-0.4, -0.2) is 32.0 Å². The summed E-state index contributed by atoms with van der Waals surface area (Å²) in [6, 6.07) is 10.4. The van der Waals surface area contributed by atoms with Gasteiger partial charge in [-0.15, -0.1) is 11.8 Å². The van der Waals surface area contributed by atoms with E-state index in [9.17, 15) is 8.42 Å². The number of sulfonamides is 1. The van der Waals surface area contributed by atoms with Crippen molar-refractivity contribution in [3.63, 3.8) is 0 Å². The number of hydrogen-bond donors (Lipinski definition) is 1. The molecule has 0 aliphatic rings. The Morgan fingerprint density at radius 1 is 1.17 bits per heavy atom. The van der Waals surface area contributed by atoms with Crippen molar-refractivity contribution in [2.24, 2.45) is 0 Å². The second-order valence-corrected chi connectivity index (χ2v) is 10.4. The normalized spacial score (nSPS) is 12.4. The minimum atomic E-state index is -3.82. The van der Waals surface area contributed by atoms with Crippen molar-refractivity contribution in [3.05, 3.63) is 52.8 Å². The van der Waals surface area contributed by atoms with E-state index in [1.807, 2.05) is 25.1 Å². The highest BCUT2D eigenvalue weighted by Crippen LogP contribution is 2.39. The molecule has 30 heavy (non-hydrogen) atoms. The van der Waals surface area contributed by atoms with Crippen molar-refractivity contribution in [1.29, 1.82) is 0 Å². The number of halogens is 1. The summed E-state index contributed by atoms with van der Waals surface area (Å²) in [7, 11) is -0.654. The van der Waals surface area contributed by atoms with Crippen LogP contribution < -0.4 is 14.2 Å². The maximum atomic E-state index is 12.7. The van der Waals surface area contributed by atoms with Gasteiger partial charge in [0.2, 0.25) is 5.13 Å². The lowest BCUT2D eigenvalue weighted by atomic mass is 10.2. The minimum Gasteiger partial charge on any atom is -0.493 e. The number of anilines is 1. The molecule has 1 atom stereocenters. The molecule has 0 bridgehead atoms. The number of thioether (sulfide) groups is 1. The van der Waals surface area contributed by atoms with E-state index in [0.29, 0.717) is 27.9 Å². The van der Waals surface area contributed by atoms with Crippen molar-refractivity contribution in [1.82, 2.24) is 9.36 Å². The molecular weight excluding hydrogens is 466 g/mol. The molecule has 0 radical (unpaired) electrons. The molecule has 3 rings (SSSR count). The van der Waals surface area contributed by atoms with Crippen molar-refractivity contribution in [3.8, 4) is 11.5 Å². The molecule has 0 amide bonds. The lowest BCUT2D eigenvalue weighted by molar-refractivity contribution is 0.354. The van der Waals surface area contributed by atoms with Gasteiger partial charge in [0, 0.05) is 21.5 Å². The van der Waals surface area contributed by atoms with Crippen LogP contribution in [0.15, 0.2) is 46.2 Å². The van der Waals surface area contributed by atoms with Crippen LogP contribution in [0.1, 0.15) is 23.6 Å². The third-order valence-electron chi connectivity index (χ3n) is 4.20. The van der Waals surface area contributed by atoms with Crippen LogP contribution in [0.3, 0.4) is 0 Å². The maximum Gasteiger partial charge on any atom is 0.264 e. The highest BCUT2D eigenvalue weighted by atomic mass is 35.5. The highest BCUT2D eigenvalue weighted by molar-refractivity contribution is 7.99. The molecule has 0 spiro atoms. The number of rotatable bonds is 8. The molecule has 3 aromatic rings. The third kappa shape index (κ3) is 5.00. The Morgan fingerprint density at radius 2 is 1.90 bits per heavy atom. The molecule has 1 aromatic heterocycles. The van der Waals surface area contributed by atoms with Gasteiger partial charge in [0.25, 0.3) is 10.0 Å². The van der Waals surface area contributed by atoms with E-state index in [-0.39, 0.29) is 15.3 Å². The average Bonchev–Trinajstić information content (AvgIpc) is 3.17. The van der Waals surface area contributed by atoms with Crippen LogP contribution in [0.5, 0.6) is 11.5 Å². The summed E-state index contributed by atoms with van der Waals surface area (Å²) in [5.41, 5.74) is 0.480. The zero-order valence-corrected chi connectivity index (χ0v) is 19.9. The molecule has 0 aliphatic heterocycles. The van der Waals surface area contributed by atoms with Crippen LogP contribution in [0.25, 0.3) is 0 Å². The second kappa shape index (κ2) is 9.42. The van der Waals surface area contributed by atoms with Crippen molar-refractivity contribution in [2.45, 2.75) is 28.9 Å². The van der Waals surface area contributed by atoms with Gasteiger partial charge in [-0.1, -0.05) is 17.7 Å². The first kappa shape index (κ1) is 22.7. The van der Waals surface area contributed by atoms with E-state index in [1.54, 1.807) is 33.3 Å². The molecule has 0 saturated heterocycles. The number of hydrogen-bond acceptors (Lipinski definition) is 8. The predicted octanol–water partition coefficient (Wildman–Crippen LogP) is 5.17. The van der Waals surface area contributed by atoms with Crippen LogP contribution in [-0.2, 0) is 10.0 Å². The van der Waals surface area contributed by atoms with E-state index in [2.05, 4.69) is 14.1 Å². The molecule has 0 aliphatic carbocycles. The first-order valence-electron chi connectivity index (χ1n) is 8.75. The molecular formula is C19H20ClN3O4S3. The Morgan fingerprint density at radius 3 is 2.60 bits per heavy atom. The zero-order valence-electron chi connectivity index (χ0n) is 16.7. The van der Waals surface area contributed by atoms with E-state index < -0.39 is 10.0 Å². The van der Waals surface area contributed by atoms with Gasteiger partial charge in [0.1, 0.15) is 0 Å². The molecule has 1 heterocycles. The quantitative estimate of drug-likeness (QED) is 0.440. The van der Waals surface area contributed by atoms with E-state index >= 15 is 0 Å². The second-order valence-electron chi connectivity index (χ2n) is 6.20. The van der Waals surface area contributed by atoms with Crippen molar-refractivity contribution >= 4 is 50.1 Å². The third-order valence-corrected chi connectivity index (χ3v) is 7.96. The molecule has 0 saturated carbocycles. The SMILES string of the molecule is COc1ccc(SC(C)c2nsc(NS(=O)(=O)c3cccc(Cl)c3C)n2)cc1OC. The topological polar surface area (TPSA) is 90.4 Å². The van der Waals surface area contributed by atoms with Gasteiger partial charge in [-0.05, 0) is 49.7 Å². The number of ether oxygens (including phenoxy) is 2. The number of benzene rings is 2. The summed E-state index contributed by atoms with van der Waals surface area (Å²) >= 11 is 8.57. The van der Waals surface area contributed by atoms with Gasteiger partial charge >= 0.3 is 0 Å². The van der Waals surface area contributed by atoms with Crippen molar-refractivity contribution < 1.29 is 17.9 Å².